The van der Waals surface area contributed by atoms with Crippen LogP contribution < -0.4 is 5.11 Å². The van der Waals surface area contributed by atoms with Gasteiger partial charge in [0.15, 0.2) is 0 Å². The summed E-state index contributed by atoms with van der Waals surface area (Å²) in [5.74, 6) is -0.190. The largest absolute Gasteiger partial charge is 0.884 e. The number of nitrogens with zero attached hydrogens (tertiary/aromatic N) is 1. The Labute approximate surface area is 36.5 Å². The van der Waals surface area contributed by atoms with E-state index in [2.05, 4.69) is 4.85 Å². The molecule has 0 atom stereocenters. The lowest BCUT2D eigenvalue weighted by Gasteiger charge is -1.95. The smallest absolute Gasteiger partial charge is 0.141 e. The first-order valence-corrected chi connectivity index (χ1v) is 1.47. The lowest BCUT2D eigenvalue weighted by molar-refractivity contribution is -0.301. The Balaban J connectivity index is 3.51. The van der Waals surface area contributed by atoms with Gasteiger partial charge in [-0.2, -0.15) is 0 Å². The van der Waals surface area contributed by atoms with Gasteiger partial charge in [0.05, 0.1) is 6.57 Å². The highest BCUT2D eigenvalue weighted by Crippen LogP contribution is 1.75. The molecule has 0 rings (SSSR count). The van der Waals surface area contributed by atoms with Crippen LogP contribution in [0.15, 0.2) is 12.0 Å². The summed E-state index contributed by atoms with van der Waals surface area (Å²) in [6.45, 7) is 7.43. The highest BCUT2D eigenvalue weighted by molar-refractivity contribution is 4.91. The summed E-state index contributed by atoms with van der Waals surface area (Å²) in [4.78, 5) is 2.71. The number of hydrogen-bond acceptors (Lipinski definition) is 1. The molecule has 0 fully saturated rings. The second-order valence-corrected chi connectivity index (χ2v) is 0.869. The fourth-order valence-electron chi connectivity index (χ4n) is 0.0909. The molecule has 0 saturated carbocycles. The van der Waals surface area contributed by atoms with Crippen molar-refractivity contribution in [3.05, 3.63) is 23.4 Å². The molecule has 0 saturated heterocycles. The van der Waals surface area contributed by atoms with Crippen molar-refractivity contribution >= 4 is 0 Å². The van der Waals surface area contributed by atoms with E-state index >= 15 is 0 Å². The minimum absolute atomic E-state index is 0.190. The van der Waals surface area contributed by atoms with Crippen molar-refractivity contribution in [2.75, 3.05) is 0 Å². The highest BCUT2D eigenvalue weighted by Gasteiger charge is 1.55. The molecule has 2 nitrogen and oxygen atoms in total. The van der Waals surface area contributed by atoms with Crippen molar-refractivity contribution in [2.24, 2.45) is 0 Å². The van der Waals surface area contributed by atoms with Gasteiger partial charge in [-0.25, -0.2) is 4.85 Å². The average molecular weight is 82.1 g/mol. The van der Waals surface area contributed by atoms with Gasteiger partial charge in [-0.1, -0.05) is 6.92 Å². The third-order valence-electron chi connectivity index (χ3n) is 0.246. The van der Waals surface area contributed by atoms with Gasteiger partial charge in [-0.05, 0) is 0 Å². The summed E-state index contributed by atoms with van der Waals surface area (Å²) in [5.41, 5.74) is 0. The Morgan fingerprint density at radius 3 is 2.50 bits per heavy atom. The third kappa shape index (κ3) is 3.03. The highest BCUT2D eigenvalue weighted by atomic mass is 16.3. The van der Waals surface area contributed by atoms with Crippen molar-refractivity contribution in [1.29, 1.82) is 0 Å². The van der Waals surface area contributed by atoms with Crippen LogP contribution in [0.25, 0.3) is 4.85 Å². The maximum Gasteiger partial charge on any atom is 0.141 e. The standard InChI is InChI=1S/C4H5NO/c1-4(6)3-5-2/h3,6H,1H3/p-1. The van der Waals surface area contributed by atoms with Gasteiger partial charge in [-0.3, -0.25) is 0 Å². The molecule has 6 heavy (non-hydrogen) atoms. The molecule has 0 bridgehead atoms. The molecule has 0 unspecified atom stereocenters. The molecule has 0 radical (unpaired) electrons. The van der Waals surface area contributed by atoms with Crippen LogP contribution >= 0.6 is 0 Å². The molecular weight excluding hydrogens is 78.0 g/mol. The number of hydrogen-bond donors (Lipinski definition) is 0. The predicted octanol–water partition coefficient (Wildman–Crippen LogP) is 0.127. The lowest BCUT2D eigenvalue weighted by atomic mass is 10.6. The first kappa shape index (κ1) is 5.03. The van der Waals surface area contributed by atoms with Crippen LogP contribution in [0.5, 0.6) is 0 Å². The molecule has 0 aromatic heterocycles. The first-order valence-electron chi connectivity index (χ1n) is 1.47. The summed E-state index contributed by atoms with van der Waals surface area (Å²) in [7, 11) is 0. The van der Waals surface area contributed by atoms with Crippen molar-refractivity contribution in [3.63, 3.8) is 0 Å². The van der Waals surface area contributed by atoms with E-state index in [1.807, 2.05) is 0 Å². The molecule has 0 aromatic rings. The molecule has 2 heteroatoms. The molecule has 0 spiro atoms. The maximum atomic E-state index is 9.77. The van der Waals surface area contributed by atoms with Gasteiger partial charge in [0.1, 0.15) is 6.20 Å². The fourth-order valence-corrected chi connectivity index (χ4v) is 0.0909. The summed E-state index contributed by atoms with van der Waals surface area (Å²) in [5, 5.41) is 9.77. The predicted molar refractivity (Wildman–Crippen MR) is 20.4 cm³/mol. The Hall–Kier alpha value is -0.970. The number of rotatable bonds is 0. The molecule has 0 aliphatic heterocycles. The number of allylic oxidation sites excluding steroid dienone is 1. The second kappa shape index (κ2) is 2.28. The Kier molecular flexibility index (Phi) is 1.91. The van der Waals surface area contributed by atoms with Gasteiger partial charge < -0.3 is 5.11 Å². The summed E-state index contributed by atoms with van der Waals surface area (Å²) in [6, 6.07) is 0. The van der Waals surface area contributed by atoms with Crippen molar-refractivity contribution < 1.29 is 5.11 Å². The quantitative estimate of drug-likeness (QED) is 0.301. The zero-order valence-corrected chi connectivity index (χ0v) is 3.43. The monoisotopic (exact) mass is 82.0 g/mol. The molecule has 0 aliphatic carbocycles. The normalized spacial score (nSPS) is 10.3. The fraction of sp³-hybridized carbons (Fsp3) is 0.250. The van der Waals surface area contributed by atoms with Crippen LogP contribution in [0.1, 0.15) is 6.92 Å². The van der Waals surface area contributed by atoms with E-state index in [-0.39, 0.29) is 5.76 Å². The van der Waals surface area contributed by atoms with E-state index in [0.29, 0.717) is 0 Å². The van der Waals surface area contributed by atoms with Gasteiger partial charge in [0, 0.05) is 0 Å². The molecule has 0 amide bonds. The third-order valence-corrected chi connectivity index (χ3v) is 0.246. The van der Waals surface area contributed by atoms with E-state index in [4.69, 9.17) is 6.57 Å². The Morgan fingerprint density at radius 2 is 2.50 bits per heavy atom. The van der Waals surface area contributed by atoms with Crippen LogP contribution in [0.3, 0.4) is 0 Å². The van der Waals surface area contributed by atoms with E-state index in [1.165, 1.54) is 6.92 Å². The topological polar surface area (TPSA) is 27.4 Å². The first-order chi connectivity index (χ1) is 2.77. The molecule has 0 aliphatic rings. The van der Waals surface area contributed by atoms with Gasteiger partial charge in [-0.15, -0.1) is 5.76 Å². The molecule has 0 heterocycles. The molecule has 0 aromatic carbocycles. The van der Waals surface area contributed by atoms with Crippen LogP contribution in [0, 0.1) is 6.57 Å². The zero-order chi connectivity index (χ0) is 4.99. The van der Waals surface area contributed by atoms with Gasteiger partial charge >= 0.3 is 0 Å². The summed E-state index contributed by atoms with van der Waals surface area (Å²) < 4.78 is 0. The minimum atomic E-state index is -0.190. The van der Waals surface area contributed by atoms with Crippen LogP contribution in [-0.2, 0) is 0 Å². The Morgan fingerprint density at radius 1 is 2.00 bits per heavy atom. The summed E-state index contributed by atoms with van der Waals surface area (Å²) in [6.07, 6.45) is 0.944. The second-order valence-electron chi connectivity index (χ2n) is 0.869. The molecule has 0 N–H and O–H groups in total. The SMILES string of the molecule is [C-]#[N+]C=C(C)[O-]. The van der Waals surface area contributed by atoms with Crippen LogP contribution in [0.4, 0.5) is 0 Å². The van der Waals surface area contributed by atoms with E-state index in [9.17, 15) is 5.11 Å². The van der Waals surface area contributed by atoms with Crippen molar-refractivity contribution in [3.8, 4) is 0 Å². The van der Waals surface area contributed by atoms with E-state index < -0.39 is 0 Å². The summed E-state index contributed by atoms with van der Waals surface area (Å²) >= 11 is 0. The molecular formula is C4H4NO-. The Bertz CT molecular complexity index is 94.6. The van der Waals surface area contributed by atoms with Crippen molar-refractivity contribution in [1.82, 2.24) is 0 Å². The van der Waals surface area contributed by atoms with Crippen molar-refractivity contribution in [2.45, 2.75) is 6.92 Å². The van der Waals surface area contributed by atoms with Gasteiger partial charge in [0.25, 0.3) is 0 Å². The van der Waals surface area contributed by atoms with Gasteiger partial charge in [0.2, 0.25) is 0 Å². The average Bonchev–Trinajstić information content (AvgIpc) is 1.35. The van der Waals surface area contributed by atoms with E-state index in [0.717, 1.165) is 6.20 Å². The van der Waals surface area contributed by atoms with E-state index in [1.54, 1.807) is 0 Å². The zero-order valence-electron chi connectivity index (χ0n) is 3.43. The lowest BCUT2D eigenvalue weighted by Crippen LogP contribution is -1.95. The maximum absolute atomic E-state index is 9.77. The van der Waals surface area contributed by atoms with Crippen LogP contribution in [0.2, 0.25) is 0 Å². The van der Waals surface area contributed by atoms with Crippen LogP contribution in [-0.4, -0.2) is 0 Å². The minimum Gasteiger partial charge on any atom is -0.884 e. The molecule has 32 valence electrons.